The molecular formula is C25H22N4O5S. The average molecular weight is 491 g/mol. The molecule has 1 N–H and O–H groups in total. The van der Waals surface area contributed by atoms with Crippen molar-refractivity contribution >= 4 is 34.0 Å². The molecule has 0 atom stereocenters. The molecule has 0 radical (unpaired) electrons. The number of thiazole rings is 1. The Bertz CT molecular complexity index is 1480. The third kappa shape index (κ3) is 4.19. The number of nitrogens with one attached hydrogen (secondary N) is 1. The van der Waals surface area contributed by atoms with Gasteiger partial charge >= 0.3 is 0 Å². The quantitative estimate of drug-likeness (QED) is 0.329. The molecule has 3 heterocycles. The van der Waals surface area contributed by atoms with E-state index in [1.165, 1.54) is 32.7 Å². The highest BCUT2D eigenvalue weighted by molar-refractivity contribution is 7.12. The van der Waals surface area contributed by atoms with E-state index < -0.39 is 0 Å². The molecule has 0 fully saturated rings. The Hall–Kier alpha value is -4.31. The van der Waals surface area contributed by atoms with Crippen molar-refractivity contribution in [2.24, 2.45) is 0 Å². The van der Waals surface area contributed by atoms with Crippen LogP contribution in [0.2, 0.25) is 0 Å². The van der Waals surface area contributed by atoms with Gasteiger partial charge in [-0.2, -0.15) is 9.78 Å². The first-order valence-electron chi connectivity index (χ1n) is 10.6. The van der Waals surface area contributed by atoms with Crippen LogP contribution in [0.15, 0.2) is 58.3 Å². The summed E-state index contributed by atoms with van der Waals surface area (Å²) in [6.45, 7) is 1.85. The zero-order chi connectivity index (χ0) is 24.5. The Morgan fingerprint density at radius 1 is 1.03 bits per heavy atom. The van der Waals surface area contributed by atoms with E-state index >= 15 is 0 Å². The van der Waals surface area contributed by atoms with Crippen LogP contribution in [0.1, 0.15) is 16.1 Å². The molecular weight excluding hydrogens is 468 g/mol. The van der Waals surface area contributed by atoms with Gasteiger partial charge in [-0.15, -0.1) is 11.3 Å². The number of benzene rings is 2. The number of fused-ring (bicyclic) bond motifs is 1. The highest BCUT2D eigenvalue weighted by Crippen LogP contribution is 2.38. The molecule has 0 saturated heterocycles. The molecule has 0 saturated carbocycles. The predicted octanol–water partition coefficient (Wildman–Crippen LogP) is 5.33. The number of aromatic nitrogens is 3. The minimum Gasteiger partial charge on any atom is -0.493 e. The number of methoxy groups -OCH3 is 3. The second-order valence-corrected chi connectivity index (χ2v) is 8.45. The number of amides is 1. The fraction of sp³-hybridized carbons (Fsp3) is 0.160. The lowest BCUT2D eigenvalue weighted by atomic mass is 10.1. The number of aryl methyl sites for hydroxylation is 1. The van der Waals surface area contributed by atoms with Crippen molar-refractivity contribution in [3.63, 3.8) is 0 Å². The van der Waals surface area contributed by atoms with E-state index in [0.29, 0.717) is 45.2 Å². The normalized spacial score (nSPS) is 11.0. The maximum Gasteiger partial charge on any atom is 0.257 e. The molecule has 10 heteroatoms. The van der Waals surface area contributed by atoms with E-state index in [1.54, 1.807) is 22.9 Å². The van der Waals surface area contributed by atoms with E-state index in [1.807, 2.05) is 42.6 Å². The van der Waals surface area contributed by atoms with Crippen LogP contribution < -0.4 is 19.5 Å². The van der Waals surface area contributed by atoms with Gasteiger partial charge in [0.25, 0.3) is 5.91 Å². The fourth-order valence-corrected chi connectivity index (χ4v) is 4.49. The Kier molecular flexibility index (Phi) is 5.87. The topological polar surface area (TPSA) is 101 Å². The number of ether oxygens (including phenoxy) is 3. The number of hydrogen-bond acceptors (Lipinski definition) is 8. The summed E-state index contributed by atoms with van der Waals surface area (Å²) in [6.07, 6.45) is 0. The van der Waals surface area contributed by atoms with Gasteiger partial charge in [-0.3, -0.25) is 4.79 Å². The Morgan fingerprint density at radius 2 is 1.77 bits per heavy atom. The molecule has 5 rings (SSSR count). The van der Waals surface area contributed by atoms with Crippen molar-refractivity contribution < 1.29 is 23.4 Å². The summed E-state index contributed by atoms with van der Waals surface area (Å²) in [5, 5.41) is 10.9. The van der Waals surface area contributed by atoms with Crippen molar-refractivity contribution in [1.29, 1.82) is 0 Å². The number of furan rings is 1. The monoisotopic (exact) mass is 490 g/mol. The molecule has 0 aliphatic heterocycles. The van der Waals surface area contributed by atoms with Crippen molar-refractivity contribution in [2.75, 3.05) is 26.6 Å². The number of nitrogens with zero attached hydrogens (tertiary/aromatic N) is 3. The number of para-hydroxylation sites is 1. The summed E-state index contributed by atoms with van der Waals surface area (Å²) in [4.78, 5) is 17.8. The summed E-state index contributed by atoms with van der Waals surface area (Å²) in [5.74, 6) is 1.97. The molecule has 0 unspecified atom stereocenters. The maximum absolute atomic E-state index is 13.1. The summed E-state index contributed by atoms with van der Waals surface area (Å²) < 4.78 is 23.6. The molecule has 0 spiro atoms. The van der Waals surface area contributed by atoms with Crippen LogP contribution in [0.25, 0.3) is 27.6 Å². The fourth-order valence-electron chi connectivity index (χ4n) is 3.72. The van der Waals surface area contributed by atoms with Crippen LogP contribution in [0.5, 0.6) is 17.2 Å². The molecule has 2 aromatic carbocycles. The maximum atomic E-state index is 13.1. The van der Waals surface area contributed by atoms with Crippen LogP contribution in [-0.2, 0) is 0 Å². The van der Waals surface area contributed by atoms with E-state index in [4.69, 9.17) is 23.6 Å². The van der Waals surface area contributed by atoms with Gasteiger partial charge in [0, 0.05) is 22.4 Å². The Balaban J connectivity index is 1.45. The zero-order valence-electron chi connectivity index (χ0n) is 19.5. The first kappa shape index (κ1) is 22.5. The Labute approximate surface area is 204 Å². The van der Waals surface area contributed by atoms with Gasteiger partial charge in [0.1, 0.15) is 17.1 Å². The molecule has 35 heavy (non-hydrogen) atoms. The average Bonchev–Trinajstić information content (AvgIpc) is 3.60. The molecule has 9 nitrogen and oxygen atoms in total. The number of anilines is 1. The molecule has 3 aromatic heterocycles. The molecule has 5 aromatic rings. The minimum absolute atomic E-state index is 0.340. The largest absolute Gasteiger partial charge is 0.493 e. The summed E-state index contributed by atoms with van der Waals surface area (Å²) in [6, 6.07) is 14.7. The van der Waals surface area contributed by atoms with E-state index in [9.17, 15) is 4.79 Å². The molecule has 178 valence electrons. The standard InChI is InChI=1S/C25H22N4O5S/c1-14-9-22(27-24(30)16-11-20(31-2)23(33-4)21(12-16)32-3)29(28-14)25-26-17(13-35-25)19-10-15-7-5-6-8-18(15)34-19/h5-13H,1-4H3,(H,27,30). The number of rotatable bonds is 7. The van der Waals surface area contributed by atoms with Crippen LogP contribution in [0, 0.1) is 6.92 Å². The molecule has 0 aliphatic carbocycles. The smallest absolute Gasteiger partial charge is 0.257 e. The lowest BCUT2D eigenvalue weighted by Crippen LogP contribution is -2.15. The second kappa shape index (κ2) is 9.15. The minimum atomic E-state index is -0.362. The summed E-state index contributed by atoms with van der Waals surface area (Å²) in [5.41, 5.74) is 2.55. The van der Waals surface area contributed by atoms with Crippen LogP contribution in [-0.4, -0.2) is 42.0 Å². The highest BCUT2D eigenvalue weighted by atomic mass is 32.1. The predicted molar refractivity (Wildman–Crippen MR) is 133 cm³/mol. The first-order valence-corrected chi connectivity index (χ1v) is 11.5. The Morgan fingerprint density at radius 3 is 2.46 bits per heavy atom. The summed E-state index contributed by atoms with van der Waals surface area (Å²) >= 11 is 1.40. The van der Waals surface area contributed by atoms with Crippen LogP contribution in [0.4, 0.5) is 5.82 Å². The van der Waals surface area contributed by atoms with Gasteiger partial charge in [-0.05, 0) is 31.2 Å². The molecule has 0 bridgehead atoms. The van der Waals surface area contributed by atoms with E-state index in [0.717, 1.165) is 16.7 Å². The zero-order valence-corrected chi connectivity index (χ0v) is 20.3. The number of carbonyl (C=O) groups excluding carboxylic acids is 1. The van der Waals surface area contributed by atoms with Gasteiger partial charge in [-0.25, -0.2) is 4.98 Å². The third-order valence-corrected chi connectivity index (χ3v) is 6.17. The van der Waals surface area contributed by atoms with Crippen molar-refractivity contribution in [2.45, 2.75) is 6.92 Å². The third-order valence-electron chi connectivity index (χ3n) is 5.35. The van der Waals surface area contributed by atoms with Gasteiger partial charge < -0.3 is 23.9 Å². The number of carbonyl (C=O) groups is 1. The molecule has 1 amide bonds. The van der Waals surface area contributed by atoms with Gasteiger partial charge in [-0.1, -0.05) is 18.2 Å². The summed E-state index contributed by atoms with van der Waals surface area (Å²) in [7, 11) is 4.51. The van der Waals surface area contributed by atoms with E-state index in [2.05, 4.69) is 10.4 Å². The lowest BCUT2D eigenvalue weighted by molar-refractivity contribution is 0.102. The van der Waals surface area contributed by atoms with Gasteiger partial charge in [0.2, 0.25) is 10.9 Å². The first-order chi connectivity index (χ1) is 17.0. The van der Waals surface area contributed by atoms with Crippen LogP contribution >= 0.6 is 11.3 Å². The second-order valence-electron chi connectivity index (χ2n) is 7.61. The van der Waals surface area contributed by atoms with Gasteiger partial charge in [0.15, 0.2) is 17.3 Å². The number of hydrogen-bond donors (Lipinski definition) is 1. The van der Waals surface area contributed by atoms with Crippen molar-refractivity contribution in [3.05, 3.63) is 65.2 Å². The SMILES string of the molecule is COc1cc(C(=O)Nc2cc(C)nn2-c2nc(-c3cc4ccccc4o3)cs2)cc(OC)c1OC. The van der Waals surface area contributed by atoms with Crippen molar-refractivity contribution in [1.82, 2.24) is 14.8 Å². The lowest BCUT2D eigenvalue weighted by Gasteiger charge is -2.14. The van der Waals surface area contributed by atoms with Crippen molar-refractivity contribution in [3.8, 4) is 33.8 Å². The molecule has 0 aliphatic rings. The highest BCUT2D eigenvalue weighted by Gasteiger charge is 2.20. The van der Waals surface area contributed by atoms with Crippen LogP contribution in [0.3, 0.4) is 0 Å². The van der Waals surface area contributed by atoms with Gasteiger partial charge in [0.05, 0.1) is 27.0 Å². The van der Waals surface area contributed by atoms with E-state index in [-0.39, 0.29) is 5.91 Å².